The molecule has 0 aromatic heterocycles. The van der Waals surface area contributed by atoms with Crippen molar-refractivity contribution in [3.63, 3.8) is 0 Å². The third-order valence-electron chi connectivity index (χ3n) is 3.61. The molecule has 1 aliphatic rings. The summed E-state index contributed by atoms with van der Waals surface area (Å²) in [6.07, 6.45) is 0. The van der Waals surface area contributed by atoms with Crippen molar-refractivity contribution in [2.24, 2.45) is 0 Å². The summed E-state index contributed by atoms with van der Waals surface area (Å²) in [5.74, 6) is 1.53. The summed E-state index contributed by atoms with van der Waals surface area (Å²) in [6, 6.07) is 4.20. The van der Waals surface area contributed by atoms with Crippen molar-refractivity contribution in [2.75, 3.05) is 39.2 Å². The van der Waals surface area contributed by atoms with Gasteiger partial charge in [0.2, 0.25) is 0 Å². The molecule has 112 valence electrons. The van der Waals surface area contributed by atoms with E-state index in [2.05, 4.69) is 18.7 Å². The van der Waals surface area contributed by atoms with E-state index in [0.717, 1.165) is 35.8 Å². The third-order valence-corrected chi connectivity index (χ3v) is 3.61. The largest absolute Gasteiger partial charge is 0.486 e. The van der Waals surface area contributed by atoms with Gasteiger partial charge < -0.3 is 19.9 Å². The number of methoxy groups -OCH3 is 1. The second-order valence-corrected chi connectivity index (χ2v) is 5.06. The fraction of sp³-hybridized carbons (Fsp3) is 0.600. The van der Waals surface area contributed by atoms with E-state index < -0.39 is 0 Å². The van der Waals surface area contributed by atoms with Gasteiger partial charge in [0, 0.05) is 31.5 Å². The molecule has 0 bridgehead atoms. The number of anilines is 1. The number of hydrogen-bond donors (Lipinski definition) is 1. The van der Waals surface area contributed by atoms with Crippen LogP contribution in [-0.2, 0) is 11.3 Å². The van der Waals surface area contributed by atoms with Gasteiger partial charge in [-0.25, -0.2) is 0 Å². The fourth-order valence-corrected chi connectivity index (χ4v) is 2.43. The van der Waals surface area contributed by atoms with Gasteiger partial charge in [-0.05, 0) is 25.1 Å². The van der Waals surface area contributed by atoms with E-state index in [1.807, 2.05) is 12.1 Å². The number of nitrogens with zero attached hydrogens (tertiary/aromatic N) is 1. The molecule has 0 spiro atoms. The molecule has 20 heavy (non-hydrogen) atoms. The number of ether oxygens (including phenoxy) is 3. The highest BCUT2D eigenvalue weighted by atomic mass is 16.6. The lowest BCUT2D eigenvalue weighted by Gasteiger charge is -2.28. The van der Waals surface area contributed by atoms with Crippen LogP contribution in [0.5, 0.6) is 11.5 Å². The highest BCUT2D eigenvalue weighted by molar-refractivity contribution is 5.58. The molecule has 1 atom stereocenters. The molecule has 5 heteroatoms. The monoisotopic (exact) mass is 280 g/mol. The lowest BCUT2D eigenvalue weighted by atomic mass is 10.1. The van der Waals surface area contributed by atoms with Crippen LogP contribution in [0.4, 0.5) is 5.69 Å². The van der Waals surface area contributed by atoms with Crippen LogP contribution in [0.1, 0.15) is 19.4 Å². The van der Waals surface area contributed by atoms with E-state index >= 15 is 0 Å². The average Bonchev–Trinajstić information content (AvgIpc) is 2.45. The Morgan fingerprint density at radius 3 is 2.55 bits per heavy atom. The highest BCUT2D eigenvalue weighted by Gasteiger charge is 2.18. The van der Waals surface area contributed by atoms with Crippen LogP contribution < -0.4 is 15.2 Å². The molecule has 0 saturated heterocycles. The maximum absolute atomic E-state index is 6.13. The highest BCUT2D eigenvalue weighted by Crippen LogP contribution is 2.35. The Bertz CT molecular complexity index is 451. The Labute approximate surface area is 120 Å². The molecule has 2 rings (SSSR count). The first kappa shape index (κ1) is 14.9. The molecular weight excluding hydrogens is 256 g/mol. The summed E-state index contributed by atoms with van der Waals surface area (Å²) < 4.78 is 16.4. The van der Waals surface area contributed by atoms with Crippen LogP contribution in [0.25, 0.3) is 0 Å². The zero-order valence-electron chi connectivity index (χ0n) is 12.5. The van der Waals surface area contributed by atoms with Crippen LogP contribution in [-0.4, -0.2) is 44.4 Å². The van der Waals surface area contributed by atoms with Crippen LogP contribution >= 0.6 is 0 Å². The van der Waals surface area contributed by atoms with Gasteiger partial charge in [0.1, 0.15) is 13.2 Å². The van der Waals surface area contributed by atoms with Gasteiger partial charge in [-0.15, -0.1) is 0 Å². The van der Waals surface area contributed by atoms with Gasteiger partial charge >= 0.3 is 0 Å². The molecular formula is C15H24N2O3. The molecule has 0 amide bonds. The van der Waals surface area contributed by atoms with Crippen molar-refractivity contribution in [2.45, 2.75) is 26.4 Å². The maximum atomic E-state index is 6.13. The van der Waals surface area contributed by atoms with E-state index in [1.54, 1.807) is 7.11 Å². The number of hydrogen-bond acceptors (Lipinski definition) is 5. The first-order valence-electron chi connectivity index (χ1n) is 7.06. The quantitative estimate of drug-likeness (QED) is 0.807. The van der Waals surface area contributed by atoms with Gasteiger partial charge in [-0.2, -0.15) is 0 Å². The molecule has 1 aromatic rings. The Morgan fingerprint density at radius 1 is 1.30 bits per heavy atom. The molecule has 0 aliphatic carbocycles. The SMILES string of the molecule is CCN(Cc1cc2c(cc1N)OCCO2)C(C)COC. The minimum atomic E-state index is 0.345. The summed E-state index contributed by atoms with van der Waals surface area (Å²) in [5, 5.41) is 0. The van der Waals surface area contributed by atoms with Crippen molar-refractivity contribution in [1.82, 2.24) is 4.90 Å². The number of rotatable bonds is 6. The van der Waals surface area contributed by atoms with Crippen molar-refractivity contribution in [1.29, 1.82) is 0 Å². The lowest BCUT2D eigenvalue weighted by molar-refractivity contribution is 0.0981. The molecule has 2 N–H and O–H groups in total. The zero-order valence-corrected chi connectivity index (χ0v) is 12.5. The van der Waals surface area contributed by atoms with Crippen LogP contribution in [0.15, 0.2) is 12.1 Å². The fourth-order valence-electron chi connectivity index (χ4n) is 2.43. The average molecular weight is 280 g/mol. The summed E-state index contributed by atoms with van der Waals surface area (Å²) in [6.45, 7) is 7.90. The lowest BCUT2D eigenvalue weighted by Crippen LogP contribution is -2.35. The predicted molar refractivity (Wildman–Crippen MR) is 79.3 cm³/mol. The molecule has 1 heterocycles. The molecule has 1 unspecified atom stereocenters. The van der Waals surface area contributed by atoms with Gasteiger partial charge in [-0.1, -0.05) is 6.92 Å². The van der Waals surface area contributed by atoms with Crippen LogP contribution in [0, 0.1) is 0 Å². The minimum absolute atomic E-state index is 0.345. The van der Waals surface area contributed by atoms with Crippen molar-refractivity contribution in [3.8, 4) is 11.5 Å². The smallest absolute Gasteiger partial charge is 0.163 e. The zero-order chi connectivity index (χ0) is 14.5. The number of fused-ring (bicyclic) bond motifs is 1. The molecule has 1 aromatic carbocycles. The molecule has 0 fully saturated rings. The Morgan fingerprint density at radius 2 is 1.95 bits per heavy atom. The van der Waals surface area contributed by atoms with Crippen molar-refractivity contribution < 1.29 is 14.2 Å². The molecule has 5 nitrogen and oxygen atoms in total. The standard InChI is InChI=1S/C15H24N2O3/c1-4-17(11(2)10-18-3)9-12-7-14-15(8-13(12)16)20-6-5-19-14/h7-8,11H,4-6,9-10,16H2,1-3H3. The molecule has 0 radical (unpaired) electrons. The van der Waals surface area contributed by atoms with Crippen molar-refractivity contribution >= 4 is 5.69 Å². The maximum Gasteiger partial charge on any atom is 0.163 e. The Hall–Kier alpha value is -1.46. The van der Waals surface area contributed by atoms with Gasteiger partial charge in [0.15, 0.2) is 11.5 Å². The minimum Gasteiger partial charge on any atom is -0.486 e. The first-order chi connectivity index (χ1) is 9.65. The van der Waals surface area contributed by atoms with Gasteiger partial charge in [-0.3, -0.25) is 4.90 Å². The Kier molecular flexibility index (Phi) is 5.09. The molecule has 1 aliphatic heterocycles. The topological polar surface area (TPSA) is 57.0 Å². The summed E-state index contributed by atoms with van der Waals surface area (Å²) in [5.41, 5.74) is 7.94. The van der Waals surface area contributed by atoms with Crippen molar-refractivity contribution in [3.05, 3.63) is 17.7 Å². The van der Waals surface area contributed by atoms with Crippen LogP contribution in [0.3, 0.4) is 0 Å². The number of benzene rings is 1. The van der Waals surface area contributed by atoms with Gasteiger partial charge in [0.25, 0.3) is 0 Å². The number of nitrogen functional groups attached to an aromatic ring is 1. The summed E-state index contributed by atoms with van der Waals surface area (Å²) >= 11 is 0. The number of nitrogens with two attached hydrogens (primary N) is 1. The summed E-state index contributed by atoms with van der Waals surface area (Å²) in [7, 11) is 1.72. The molecule has 0 saturated carbocycles. The van der Waals surface area contributed by atoms with Crippen LogP contribution in [0.2, 0.25) is 0 Å². The van der Waals surface area contributed by atoms with E-state index in [-0.39, 0.29) is 0 Å². The van der Waals surface area contributed by atoms with E-state index in [9.17, 15) is 0 Å². The second kappa shape index (κ2) is 6.81. The first-order valence-corrected chi connectivity index (χ1v) is 7.06. The second-order valence-electron chi connectivity index (χ2n) is 5.06. The van der Waals surface area contributed by atoms with Gasteiger partial charge in [0.05, 0.1) is 6.61 Å². The Balaban J connectivity index is 2.15. The van der Waals surface area contributed by atoms with E-state index in [0.29, 0.717) is 25.9 Å². The summed E-state index contributed by atoms with van der Waals surface area (Å²) in [4.78, 5) is 2.32. The predicted octanol–water partition coefficient (Wildman–Crippen LogP) is 1.90. The van der Waals surface area contributed by atoms with E-state index in [4.69, 9.17) is 19.9 Å². The normalized spacial score (nSPS) is 15.4. The van der Waals surface area contributed by atoms with E-state index in [1.165, 1.54) is 0 Å². The third kappa shape index (κ3) is 3.35. The number of likely N-dealkylation sites (N-methyl/N-ethyl adjacent to an activating group) is 1.